The predicted molar refractivity (Wildman–Crippen MR) is 107 cm³/mol. The third-order valence-corrected chi connectivity index (χ3v) is 5.03. The first-order chi connectivity index (χ1) is 13.2. The van der Waals surface area contributed by atoms with Gasteiger partial charge in [-0.2, -0.15) is 0 Å². The minimum absolute atomic E-state index is 0.00439. The highest BCUT2D eigenvalue weighted by atomic mass is 79.9. The van der Waals surface area contributed by atoms with Gasteiger partial charge in [0.25, 0.3) is 0 Å². The summed E-state index contributed by atoms with van der Waals surface area (Å²) in [6.45, 7) is 0.00439. The SMILES string of the molecule is O=C(Cn1nnnc1-c1ccccc1)Nc1nc(-c2ccc(Br)cc2)cs1. The first-order valence-electron chi connectivity index (χ1n) is 8.02. The van der Waals surface area contributed by atoms with Crippen LogP contribution in [0.15, 0.2) is 64.5 Å². The van der Waals surface area contributed by atoms with Gasteiger partial charge in [0.1, 0.15) is 6.54 Å². The molecule has 4 rings (SSSR count). The average Bonchev–Trinajstić information content (AvgIpc) is 3.33. The number of tetrazole rings is 1. The highest BCUT2D eigenvalue weighted by molar-refractivity contribution is 9.10. The molecule has 9 heteroatoms. The van der Waals surface area contributed by atoms with Crippen LogP contribution in [0.2, 0.25) is 0 Å². The van der Waals surface area contributed by atoms with E-state index in [0.29, 0.717) is 11.0 Å². The molecule has 0 aliphatic heterocycles. The first-order valence-corrected chi connectivity index (χ1v) is 9.69. The number of nitrogens with zero attached hydrogens (tertiary/aromatic N) is 5. The van der Waals surface area contributed by atoms with E-state index < -0.39 is 0 Å². The Morgan fingerprint density at radius 3 is 2.63 bits per heavy atom. The molecule has 0 saturated carbocycles. The van der Waals surface area contributed by atoms with Crippen LogP contribution in [0.4, 0.5) is 5.13 Å². The van der Waals surface area contributed by atoms with E-state index >= 15 is 0 Å². The number of carbonyl (C=O) groups excluding carboxylic acids is 1. The van der Waals surface area contributed by atoms with Crippen molar-refractivity contribution < 1.29 is 4.79 Å². The summed E-state index contributed by atoms with van der Waals surface area (Å²) >= 11 is 4.79. The molecular weight excluding hydrogens is 428 g/mol. The van der Waals surface area contributed by atoms with Gasteiger partial charge in [0.05, 0.1) is 5.69 Å². The molecule has 0 aliphatic rings. The Hall–Kier alpha value is -2.91. The van der Waals surface area contributed by atoms with Crippen molar-refractivity contribution in [2.45, 2.75) is 6.54 Å². The van der Waals surface area contributed by atoms with Gasteiger partial charge in [0.15, 0.2) is 11.0 Å². The molecular formula is C18H13BrN6OS. The third kappa shape index (κ3) is 4.09. The molecule has 0 spiro atoms. The van der Waals surface area contributed by atoms with Crippen molar-refractivity contribution in [2.75, 3.05) is 5.32 Å². The van der Waals surface area contributed by atoms with Gasteiger partial charge in [-0.1, -0.05) is 58.4 Å². The molecule has 1 amide bonds. The van der Waals surface area contributed by atoms with Crippen LogP contribution >= 0.6 is 27.3 Å². The summed E-state index contributed by atoms with van der Waals surface area (Å²) in [7, 11) is 0. The number of hydrogen-bond acceptors (Lipinski definition) is 6. The predicted octanol–water partition coefficient (Wildman–Crippen LogP) is 3.86. The maximum Gasteiger partial charge on any atom is 0.248 e. The Bertz CT molecular complexity index is 1060. The number of halogens is 1. The van der Waals surface area contributed by atoms with Crippen molar-refractivity contribution in [2.24, 2.45) is 0 Å². The highest BCUT2D eigenvalue weighted by Gasteiger charge is 2.14. The van der Waals surface area contributed by atoms with E-state index in [9.17, 15) is 4.79 Å². The van der Waals surface area contributed by atoms with Gasteiger partial charge in [-0.15, -0.1) is 16.4 Å². The van der Waals surface area contributed by atoms with Gasteiger partial charge in [0.2, 0.25) is 5.91 Å². The summed E-state index contributed by atoms with van der Waals surface area (Å²) in [6.07, 6.45) is 0. The van der Waals surface area contributed by atoms with E-state index in [0.717, 1.165) is 21.3 Å². The number of thiazole rings is 1. The summed E-state index contributed by atoms with van der Waals surface area (Å²) in [6, 6.07) is 17.3. The molecule has 0 unspecified atom stereocenters. The number of nitrogens with one attached hydrogen (secondary N) is 1. The number of carbonyl (C=O) groups is 1. The van der Waals surface area contributed by atoms with Crippen molar-refractivity contribution in [3.63, 3.8) is 0 Å². The number of aromatic nitrogens is 5. The van der Waals surface area contributed by atoms with Crippen LogP contribution in [0.25, 0.3) is 22.6 Å². The normalized spacial score (nSPS) is 10.7. The minimum atomic E-state index is -0.240. The summed E-state index contributed by atoms with van der Waals surface area (Å²) in [5.41, 5.74) is 2.65. The fourth-order valence-corrected chi connectivity index (χ4v) is 3.48. The van der Waals surface area contributed by atoms with Crippen molar-refractivity contribution in [1.29, 1.82) is 0 Å². The van der Waals surface area contributed by atoms with Crippen molar-refractivity contribution in [3.05, 3.63) is 64.5 Å². The molecule has 0 aliphatic carbocycles. The zero-order chi connectivity index (χ0) is 18.6. The van der Waals surface area contributed by atoms with Crippen LogP contribution in [0, 0.1) is 0 Å². The van der Waals surface area contributed by atoms with Crippen LogP contribution in [0.3, 0.4) is 0 Å². The second-order valence-electron chi connectivity index (χ2n) is 5.62. The van der Waals surface area contributed by atoms with Crippen LogP contribution in [0.5, 0.6) is 0 Å². The average molecular weight is 441 g/mol. The second-order valence-corrected chi connectivity index (χ2v) is 7.39. The summed E-state index contributed by atoms with van der Waals surface area (Å²) in [5, 5.41) is 16.8. The van der Waals surface area contributed by atoms with Crippen LogP contribution in [-0.4, -0.2) is 31.1 Å². The van der Waals surface area contributed by atoms with E-state index in [1.807, 2.05) is 60.0 Å². The van der Waals surface area contributed by atoms with Crippen LogP contribution in [-0.2, 0) is 11.3 Å². The number of hydrogen-bond donors (Lipinski definition) is 1. The minimum Gasteiger partial charge on any atom is -0.300 e. The lowest BCUT2D eigenvalue weighted by atomic mass is 10.2. The lowest BCUT2D eigenvalue weighted by Gasteiger charge is -2.04. The molecule has 0 radical (unpaired) electrons. The zero-order valence-electron chi connectivity index (χ0n) is 13.9. The van der Waals surface area contributed by atoms with Crippen LogP contribution in [0.1, 0.15) is 0 Å². The fraction of sp³-hybridized carbons (Fsp3) is 0.0556. The maximum absolute atomic E-state index is 12.4. The Labute approximate surface area is 167 Å². The van der Waals surface area contributed by atoms with Crippen molar-refractivity contribution in [3.8, 4) is 22.6 Å². The van der Waals surface area contributed by atoms with Gasteiger partial charge >= 0.3 is 0 Å². The summed E-state index contributed by atoms with van der Waals surface area (Å²) < 4.78 is 2.47. The molecule has 0 fully saturated rings. The van der Waals surface area contributed by atoms with E-state index in [1.54, 1.807) is 0 Å². The molecule has 7 nitrogen and oxygen atoms in total. The summed E-state index contributed by atoms with van der Waals surface area (Å²) in [4.78, 5) is 16.9. The lowest BCUT2D eigenvalue weighted by Crippen LogP contribution is -2.20. The Morgan fingerprint density at radius 2 is 1.85 bits per heavy atom. The third-order valence-electron chi connectivity index (χ3n) is 3.75. The van der Waals surface area contributed by atoms with Crippen molar-refractivity contribution >= 4 is 38.3 Å². The molecule has 0 atom stereocenters. The Balaban J connectivity index is 1.45. The van der Waals surface area contributed by atoms with E-state index in [1.165, 1.54) is 16.0 Å². The molecule has 2 aromatic heterocycles. The molecule has 134 valence electrons. The van der Waals surface area contributed by atoms with Gasteiger partial charge in [-0.3, -0.25) is 4.79 Å². The zero-order valence-corrected chi connectivity index (χ0v) is 16.3. The molecule has 27 heavy (non-hydrogen) atoms. The highest BCUT2D eigenvalue weighted by Crippen LogP contribution is 2.26. The van der Waals surface area contributed by atoms with Gasteiger partial charge < -0.3 is 5.32 Å². The number of anilines is 1. The van der Waals surface area contributed by atoms with Crippen molar-refractivity contribution in [1.82, 2.24) is 25.2 Å². The number of amides is 1. The molecule has 4 aromatic rings. The second kappa shape index (κ2) is 7.77. The largest absolute Gasteiger partial charge is 0.300 e. The van der Waals surface area contributed by atoms with E-state index in [-0.39, 0.29) is 12.5 Å². The number of rotatable bonds is 5. The Morgan fingerprint density at radius 1 is 1.07 bits per heavy atom. The van der Waals surface area contributed by atoms with E-state index in [4.69, 9.17) is 0 Å². The Kier molecular flexibility index (Phi) is 5.03. The quantitative estimate of drug-likeness (QED) is 0.508. The van der Waals surface area contributed by atoms with Gasteiger partial charge in [0, 0.05) is 21.0 Å². The molecule has 1 N–H and O–H groups in total. The maximum atomic E-state index is 12.4. The topological polar surface area (TPSA) is 85.6 Å². The van der Waals surface area contributed by atoms with Gasteiger partial charge in [-0.25, -0.2) is 9.67 Å². The fourth-order valence-electron chi connectivity index (χ4n) is 2.48. The van der Waals surface area contributed by atoms with E-state index in [2.05, 4.69) is 41.8 Å². The monoisotopic (exact) mass is 440 g/mol. The molecule has 2 heterocycles. The number of benzene rings is 2. The smallest absolute Gasteiger partial charge is 0.248 e. The first kappa shape index (κ1) is 17.5. The lowest BCUT2D eigenvalue weighted by molar-refractivity contribution is -0.116. The molecule has 2 aromatic carbocycles. The van der Waals surface area contributed by atoms with Gasteiger partial charge in [-0.05, 0) is 22.6 Å². The molecule has 0 saturated heterocycles. The standard InChI is InChI=1S/C18H13BrN6OS/c19-14-8-6-12(7-9-14)15-11-27-18(20-15)21-16(26)10-25-17(22-23-24-25)13-4-2-1-3-5-13/h1-9,11H,10H2,(H,20,21,26). The summed E-state index contributed by atoms with van der Waals surface area (Å²) in [5.74, 6) is 0.302. The molecule has 0 bridgehead atoms. The van der Waals surface area contributed by atoms with Crippen LogP contribution < -0.4 is 5.32 Å².